The highest BCUT2D eigenvalue weighted by molar-refractivity contribution is 7.13. The van der Waals surface area contributed by atoms with E-state index in [4.69, 9.17) is 0 Å². The molecule has 0 aliphatic heterocycles. The van der Waals surface area contributed by atoms with E-state index in [0.29, 0.717) is 0 Å². The number of anilines is 1. The quantitative estimate of drug-likeness (QED) is 0.790. The summed E-state index contributed by atoms with van der Waals surface area (Å²) < 4.78 is 0. The predicted molar refractivity (Wildman–Crippen MR) is 60.9 cm³/mol. The Morgan fingerprint density at radius 2 is 2.29 bits per heavy atom. The highest BCUT2D eigenvalue weighted by Gasteiger charge is 2.21. The van der Waals surface area contributed by atoms with E-state index in [1.54, 1.807) is 11.3 Å². The van der Waals surface area contributed by atoms with E-state index in [1.807, 2.05) is 6.92 Å². The van der Waals surface area contributed by atoms with Gasteiger partial charge < -0.3 is 10.4 Å². The Bertz CT molecular complexity index is 281. The summed E-state index contributed by atoms with van der Waals surface area (Å²) in [5.74, 6) is 0. The van der Waals surface area contributed by atoms with Crippen molar-refractivity contribution in [2.45, 2.75) is 39.2 Å². The number of hydrogen-bond donors (Lipinski definition) is 2. The molecule has 0 aliphatic rings. The molecule has 3 nitrogen and oxygen atoms in total. The van der Waals surface area contributed by atoms with Crippen LogP contribution in [0.1, 0.15) is 32.9 Å². The van der Waals surface area contributed by atoms with Gasteiger partial charge in [0.05, 0.1) is 17.8 Å². The first-order valence-corrected chi connectivity index (χ1v) is 5.85. The molecule has 4 heteroatoms. The minimum atomic E-state index is -0.247. The molecule has 1 atom stereocenters. The van der Waals surface area contributed by atoms with Gasteiger partial charge in [-0.3, -0.25) is 0 Å². The minimum absolute atomic E-state index is 0.130. The maximum absolute atomic E-state index is 9.22. The van der Waals surface area contributed by atoms with Crippen LogP contribution in [-0.2, 0) is 6.42 Å². The van der Waals surface area contributed by atoms with Crippen molar-refractivity contribution in [2.24, 2.45) is 0 Å². The first-order valence-electron chi connectivity index (χ1n) is 4.97. The number of aromatic nitrogens is 1. The average molecular weight is 214 g/mol. The van der Waals surface area contributed by atoms with Crippen molar-refractivity contribution in [2.75, 3.05) is 11.9 Å². The molecule has 0 aliphatic carbocycles. The molecule has 0 aromatic carbocycles. The van der Waals surface area contributed by atoms with Crippen molar-refractivity contribution in [3.63, 3.8) is 0 Å². The zero-order valence-corrected chi connectivity index (χ0v) is 9.82. The van der Waals surface area contributed by atoms with Crippen LogP contribution in [-0.4, -0.2) is 22.2 Å². The molecule has 0 amide bonds. The molecule has 1 aromatic rings. The van der Waals surface area contributed by atoms with E-state index in [-0.39, 0.29) is 12.1 Å². The van der Waals surface area contributed by atoms with Crippen molar-refractivity contribution < 1.29 is 5.11 Å². The maximum Gasteiger partial charge on any atom is 0.183 e. The van der Waals surface area contributed by atoms with Gasteiger partial charge in [-0.2, -0.15) is 0 Å². The van der Waals surface area contributed by atoms with Gasteiger partial charge in [-0.05, 0) is 19.8 Å². The standard InChI is InChI=1S/C10H18N2OS/c1-4-8-6-14-9(11-8)12-10(3,5-2)7-13/h6,13H,4-5,7H2,1-3H3,(H,11,12). The fourth-order valence-electron chi connectivity index (χ4n) is 1.02. The zero-order valence-electron chi connectivity index (χ0n) is 9.00. The van der Waals surface area contributed by atoms with Crippen LogP contribution in [0.3, 0.4) is 0 Å². The highest BCUT2D eigenvalue weighted by Crippen LogP contribution is 2.21. The summed E-state index contributed by atoms with van der Waals surface area (Å²) in [5.41, 5.74) is 0.858. The Hall–Kier alpha value is -0.610. The van der Waals surface area contributed by atoms with E-state index < -0.39 is 0 Å². The fourth-order valence-corrected chi connectivity index (χ4v) is 1.97. The lowest BCUT2D eigenvalue weighted by Gasteiger charge is -2.26. The molecule has 0 radical (unpaired) electrons. The molecule has 1 unspecified atom stereocenters. The number of aryl methyl sites for hydroxylation is 1. The van der Waals surface area contributed by atoms with Crippen molar-refractivity contribution >= 4 is 16.5 Å². The topological polar surface area (TPSA) is 45.1 Å². The van der Waals surface area contributed by atoms with Crippen LogP contribution < -0.4 is 5.32 Å². The SMILES string of the molecule is CCc1csc(NC(C)(CC)CO)n1. The number of aliphatic hydroxyl groups excluding tert-OH is 1. The van der Waals surface area contributed by atoms with Gasteiger partial charge in [-0.25, -0.2) is 4.98 Å². The van der Waals surface area contributed by atoms with Crippen LogP contribution in [0.5, 0.6) is 0 Å². The molecule has 0 spiro atoms. The minimum Gasteiger partial charge on any atom is -0.394 e. The summed E-state index contributed by atoms with van der Waals surface area (Å²) in [6, 6.07) is 0. The van der Waals surface area contributed by atoms with Gasteiger partial charge in [0.25, 0.3) is 0 Å². The van der Waals surface area contributed by atoms with Gasteiger partial charge in [0, 0.05) is 5.38 Å². The molecule has 0 fully saturated rings. The lowest BCUT2D eigenvalue weighted by Crippen LogP contribution is -2.37. The zero-order chi connectivity index (χ0) is 10.6. The van der Waals surface area contributed by atoms with Crippen molar-refractivity contribution in [3.8, 4) is 0 Å². The lowest BCUT2D eigenvalue weighted by molar-refractivity contribution is 0.219. The molecular formula is C10H18N2OS. The average Bonchev–Trinajstić information content (AvgIpc) is 2.65. The van der Waals surface area contributed by atoms with E-state index in [9.17, 15) is 5.11 Å². The molecule has 2 N–H and O–H groups in total. The summed E-state index contributed by atoms with van der Waals surface area (Å²) >= 11 is 1.60. The Morgan fingerprint density at radius 1 is 1.57 bits per heavy atom. The Morgan fingerprint density at radius 3 is 2.71 bits per heavy atom. The lowest BCUT2D eigenvalue weighted by atomic mass is 10.0. The first kappa shape index (κ1) is 11.5. The molecule has 80 valence electrons. The monoisotopic (exact) mass is 214 g/mol. The summed E-state index contributed by atoms with van der Waals surface area (Å²) in [5, 5.41) is 15.4. The third-order valence-corrected chi connectivity index (χ3v) is 3.26. The predicted octanol–water partition coefficient (Wildman–Crippen LogP) is 2.28. The fraction of sp³-hybridized carbons (Fsp3) is 0.700. The van der Waals surface area contributed by atoms with Crippen LogP contribution in [0, 0.1) is 0 Å². The van der Waals surface area contributed by atoms with E-state index >= 15 is 0 Å². The van der Waals surface area contributed by atoms with Gasteiger partial charge >= 0.3 is 0 Å². The Labute approximate surface area is 89.2 Å². The molecule has 14 heavy (non-hydrogen) atoms. The van der Waals surface area contributed by atoms with E-state index in [2.05, 4.69) is 29.5 Å². The van der Waals surface area contributed by atoms with Crippen LogP contribution in [0.4, 0.5) is 5.13 Å². The Kier molecular flexibility index (Phi) is 3.89. The number of rotatable bonds is 5. The smallest absolute Gasteiger partial charge is 0.183 e. The van der Waals surface area contributed by atoms with Crippen LogP contribution in [0.25, 0.3) is 0 Å². The summed E-state index contributed by atoms with van der Waals surface area (Å²) in [4.78, 5) is 4.41. The van der Waals surface area contributed by atoms with Gasteiger partial charge in [-0.1, -0.05) is 13.8 Å². The van der Waals surface area contributed by atoms with Crippen molar-refractivity contribution in [1.29, 1.82) is 0 Å². The van der Waals surface area contributed by atoms with Crippen LogP contribution in [0.15, 0.2) is 5.38 Å². The second kappa shape index (κ2) is 4.75. The summed E-state index contributed by atoms with van der Waals surface area (Å²) in [6.45, 7) is 6.27. The molecule has 0 bridgehead atoms. The largest absolute Gasteiger partial charge is 0.394 e. The third-order valence-electron chi connectivity index (χ3n) is 2.45. The molecule has 0 saturated carbocycles. The normalized spacial score (nSPS) is 15.1. The number of aliphatic hydroxyl groups is 1. The number of nitrogens with zero attached hydrogens (tertiary/aromatic N) is 1. The van der Waals surface area contributed by atoms with Crippen molar-refractivity contribution in [3.05, 3.63) is 11.1 Å². The number of nitrogens with one attached hydrogen (secondary N) is 1. The van der Waals surface area contributed by atoms with Gasteiger partial charge in [0.1, 0.15) is 0 Å². The molecule has 0 saturated heterocycles. The van der Waals surface area contributed by atoms with Gasteiger partial charge in [-0.15, -0.1) is 11.3 Å². The van der Waals surface area contributed by atoms with Gasteiger partial charge in [0.2, 0.25) is 0 Å². The first-order chi connectivity index (χ1) is 6.63. The summed E-state index contributed by atoms with van der Waals surface area (Å²) in [6.07, 6.45) is 1.84. The van der Waals surface area contributed by atoms with E-state index in [0.717, 1.165) is 23.7 Å². The van der Waals surface area contributed by atoms with E-state index in [1.165, 1.54) is 0 Å². The second-order valence-electron chi connectivity index (χ2n) is 3.69. The number of thiazole rings is 1. The van der Waals surface area contributed by atoms with Crippen LogP contribution in [0.2, 0.25) is 0 Å². The van der Waals surface area contributed by atoms with Gasteiger partial charge in [0.15, 0.2) is 5.13 Å². The molecule has 1 rings (SSSR count). The maximum atomic E-state index is 9.22. The summed E-state index contributed by atoms with van der Waals surface area (Å²) in [7, 11) is 0. The van der Waals surface area contributed by atoms with Crippen LogP contribution >= 0.6 is 11.3 Å². The third kappa shape index (κ3) is 2.69. The number of hydrogen-bond acceptors (Lipinski definition) is 4. The second-order valence-corrected chi connectivity index (χ2v) is 4.55. The van der Waals surface area contributed by atoms with Crippen molar-refractivity contribution in [1.82, 2.24) is 4.98 Å². The molecular weight excluding hydrogens is 196 g/mol. The highest BCUT2D eigenvalue weighted by atomic mass is 32.1. The molecule has 1 heterocycles. The molecule has 1 aromatic heterocycles. The Balaban J connectivity index is 2.67.